The van der Waals surface area contributed by atoms with Crippen molar-refractivity contribution in [3.05, 3.63) is 0 Å². The van der Waals surface area contributed by atoms with Crippen LogP contribution < -0.4 is 0 Å². The van der Waals surface area contributed by atoms with Gasteiger partial charge in [0.05, 0.1) is 0 Å². The first-order valence-corrected chi connectivity index (χ1v) is 0. The molecule has 0 aromatic carbocycles. The second-order valence-corrected chi connectivity index (χ2v) is 0. The van der Waals surface area contributed by atoms with Crippen molar-refractivity contribution in [1.29, 1.82) is 0 Å². The second-order valence-electron chi connectivity index (χ2n) is 0. The van der Waals surface area contributed by atoms with E-state index in [1.165, 1.54) is 0 Å². The van der Waals surface area contributed by atoms with E-state index in [0.717, 1.165) is 0 Å². The van der Waals surface area contributed by atoms with Gasteiger partial charge in [0.25, 0.3) is 0 Å². The van der Waals surface area contributed by atoms with Gasteiger partial charge in [0.15, 0.2) is 0 Å². The molecule has 0 aliphatic heterocycles. The summed E-state index contributed by atoms with van der Waals surface area (Å²) in [4.78, 5) is 0. The number of hydrogen-bond acceptors (Lipinski definition) is 0. The topological polar surface area (TPSA) is 0 Å². The molecule has 0 rings (SSSR count). The molecule has 0 N–H and O–H groups in total. The standard InChI is InChI=1S/4H3P.Ru/h4*1H3;. The molecule has 4 atom stereocenters. The molecule has 0 fully saturated rings. The molecule has 0 amide bonds. The zero-order valence-electron chi connectivity index (χ0n) is 3.18. The van der Waals surface area contributed by atoms with Gasteiger partial charge < -0.3 is 0 Å². The Hall–Kier alpha value is 2.34. The van der Waals surface area contributed by atoms with Gasteiger partial charge in [0, 0.05) is 19.5 Å². The van der Waals surface area contributed by atoms with E-state index in [1.54, 1.807) is 0 Å². The first-order chi connectivity index (χ1) is 0. The van der Waals surface area contributed by atoms with Gasteiger partial charge in [0.2, 0.25) is 0 Å². The van der Waals surface area contributed by atoms with Crippen LogP contribution in [-0.2, 0) is 19.5 Å². The van der Waals surface area contributed by atoms with E-state index < -0.39 is 0 Å². The van der Waals surface area contributed by atoms with E-state index in [9.17, 15) is 0 Å². The molecule has 0 aromatic heterocycles. The quantitative estimate of drug-likeness (QED) is 0.418. The third-order valence-corrected chi connectivity index (χ3v) is 0. The van der Waals surface area contributed by atoms with E-state index in [4.69, 9.17) is 0 Å². The zero-order valence-corrected chi connectivity index (χ0v) is 10.6. The average Bonchev–Trinajstić information content (AvgIpc) is 0. The smallest absolute Gasteiger partial charge is 0 e. The molecule has 0 nitrogen and oxygen atoms in total. The van der Waals surface area contributed by atoms with Crippen LogP contribution in [0.3, 0.4) is 0 Å². The van der Waals surface area contributed by atoms with Gasteiger partial charge in [-0.25, -0.2) is 0 Å². The average molecular weight is 237 g/mol. The Kier molecular flexibility index (Phi) is 355. The van der Waals surface area contributed by atoms with Gasteiger partial charge in [-0.2, -0.15) is 39.6 Å². The minimum Gasteiger partial charge on any atom is -0.153 e. The summed E-state index contributed by atoms with van der Waals surface area (Å²) < 4.78 is 0. The van der Waals surface area contributed by atoms with Crippen molar-refractivity contribution in [2.24, 2.45) is 0 Å². The Morgan fingerprint density at radius 3 is 0.400 bits per heavy atom. The molecule has 40 valence electrons. The van der Waals surface area contributed by atoms with Crippen LogP contribution in [0.15, 0.2) is 0 Å². The Morgan fingerprint density at radius 1 is 0.400 bits per heavy atom. The molecule has 0 heterocycles. The summed E-state index contributed by atoms with van der Waals surface area (Å²) in [5, 5.41) is 0. The summed E-state index contributed by atoms with van der Waals surface area (Å²) >= 11 is 0. The third kappa shape index (κ3) is 21.8. The summed E-state index contributed by atoms with van der Waals surface area (Å²) in [7, 11) is 0. The minimum atomic E-state index is 0. The van der Waals surface area contributed by atoms with E-state index in [1.807, 2.05) is 0 Å². The Morgan fingerprint density at radius 2 is 0.400 bits per heavy atom. The summed E-state index contributed by atoms with van der Waals surface area (Å²) in [5.41, 5.74) is 0. The minimum absolute atomic E-state index is 0. The molecule has 4 unspecified atom stereocenters. The van der Waals surface area contributed by atoms with Crippen molar-refractivity contribution in [2.45, 2.75) is 0 Å². The van der Waals surface area contributed by atoms with Gasteiger partial charge in [-0.1, -0.05) is 0 Å². The molecule has 5 heteroatoms. The molecule has 0 aliphatic carbocycles. The van der Waals surface area contributed by atoms with Gasteiger partial charge in [-0.3, -0.25) is 0 Å². The molecule has 0 radical (unpaired) electrons. The Balaban J connectivity index is 0. The molecule has 0 aliphatic rings. The predicted octanol–water partition coefficient (Wildman–Crippen LogP) is 0.230. The Bertz CT molecular complexity index is 3.61. The SMILES string of the molecule is P.P.P.P.[Ru]. The van der Waals surface area contributed by atoms with Crippen LogP contribution in [0.1, 0.15) is 0 Å². The molecule has 0 bridgehead atoms. The maximum absolute atomic E-state index is 0. The fourth-order valence-electron chi connectivity index (χ4n) is 0. The maximum Gasteiger partial charge on any atom is 0 e. The largest absolute Gasteiger partial charge is 0.153 e. The van der Waals surface area contributed by atoms with Gasteiger partial charge in [-0.05, 0) is 0 Å². The van der Waals surface area contributed by atoms with Crippen LogP contribution in [0.4, 0.5) is 0 Å². The monoisotopic (exact) mass is 238 g/mol. The van der Waals surface area contributed by atoms with Crippen molar-refractivity contribution in [2.75, 3.05) is 0 Å². The Labute approximate surface area is 59.3 Å². The first-order valence-electron chi connectivity index (χ1n) is 0. The van der Waals surface area contributed by atoms with Crippen molar-refractivity contribution in [1.82, 2.24) is 0 Å². The molecular formula is H12P4Ru. The van der Waals surface area contributed by atoms with E-state index >= 15 is 0 Å². The maximum atomic E-state index is 0. The van der Waals surface area contributed by atoms with Crippen molar-refractivity contribution in [3.63, 3.8) is 0 Å². The van der Waals surface area contributed by atoms with E-state index in [2.05, 4.69) is 0 Å². The van der Waals surface area contributed by atoms with Gasteiger partial charge in [0.1, 0.15) is 0 Å². The van der Waals surface area contributed by atoms with E-state index in [-0.39, 0.29) is 59.1 Å². The normalized spacial score (nSPS) is 0. The van der Waals surface area contributed by atoms with Crippen LogP contribution in [0.2, 0.25) is 0 Å². The zero-order chi connectivity index (χ0) is 0. The second kappa shape index (κ2) is 33.0. The van der Waals surface area contributed by atoms with Crippen molar-refractivity contribution in [3.8, 4) is 0 Å². The molecule has 0 spiro atoms. The van der Waals surface area contributed by atoms with Crippen LogP contribution in [0.25, 0.3) is 0 Å². The molecular weight excluding hydrogens is 225 g/mol. The third-order valence-electron chi connectivity index (χ3n) is 0. The summed E-state index contributed by atoms with van der Waals surface area (Å²) in [6.45, 7) is 0. The van der Waals surface area contributed by atoms with Crippen molar-refractivity contribution < 1.29 is 19.5 Å². The van der Waals surface area contributed by atoms with Crippen molar-refractivity contribution >= 4 is 39.6 Å². The van der Waals surface area contributed by atoms with Gasteiger partial charge in [-0.15, -0.1) is 0 Å². The first kappa shape index (κ1) is 53.8. The summed E-state index contributed by atoms with van der Waals surface area (Å²) in [5.74, 6) is 0. The molecule has 0 saturated heterocycles. The summed E-state index contributed by atoms with van der Waals surface area (Å²) in [6, 6.07) is 0. The molecule has 0 aromatic rings. The number of hydrogen-bond donors (Lipinski definition) is 0. The van der Waals surface area contributed by atoms with Crippen LogP contribution in [0.5, 0.6) is 0 Å². The fourth-order valence-corrected chi connectivity index (χ4v) is 0. The fraction of sp³-hybridized carbons (Fsp3) is 0. The van der Waals surface area contributed by atoms with Crippen LogP contribution in [0, 0.1) is 0 Å². The predicted molar refractivity (Wildman–Crippen MR) is 44.4 cm³/mol. The summed E-state index contributed by atoms with van der Waals surface area (Å²) in [6.07, 6.45) is 0. The number of rotatable bonds is 0. The molecule has 0 saturated carbocycles. The van der Waals surface area contributed by atoms with E-state index in [0.29, 0.717) is 0 Å². The van der Waals surface area contributed by atoms with Crippen LogP contribution >= 0.6 is 39.6 Å². The molecule has 5 heavy (non-hydrogen) atoms. The van der Waals surface area contributed by atoms with Gasteiger partial charge >= 0.3 is 0 Å². The van der Waals surface area contributed by atoms with Crippen LogP contribution in [-0.4, -0.2) is 0 Å².